The van der Waals surface area contributed by atoms with E-state index in [1.807, 2.05) is 0 Å². The normalized spacial score (nSPS) is 11.6. The minimum absolute atomic E-state index is 0.149. The van der Waals surface area contributed by atoms with Crippen molar-refractivity contribution in [2.24, 2.45) is 10.7 Å². The molecule has 0 saturated heterocycles. The van der Waals surface area contributed by atoms with Gasteiger partial charge >= 0.3 is 12.0 Å². The predicted octanol–water partition coefficient (Wildman–Crippen LogP) is -0.610. The molecule has 1 aromatic heterocycles. The van der Waals surface area contributed by atoms with Crippen molar-refractivity contribution in [1.29, 1.82) is 0 Å². The Bertz CT molecular complexity index is 759. The first kappa shape index (κ1) is 20.9. The third-order valence-corrected chi connectivity index (χ3v) is 2.67. The molecule has 0 unspecified atom stereocenters. The highest BCUT2D eigenvalue weighted by Gasteiger charge is 2.18. The third-order valence-electron chi connectivity index (χ3n) is 2.39. The van der Waals surface area contributed by atoms with Crippen LogP contribution >= 0.6 is 11.6 Å². The zero-order chi connectivity index (χ0) is 20.1. The van der Waals surface area contributed by atoms with Gasteiger partial charge in [-0.15, -0.1) is 0 Å². The Morgan fingerprint density at radius 1 is 1.19 bits per heavy atom. The number of ether oxygens (including phenoxy) is 1. The predicted molar refractivity (Wildman–Crippen MR) is 94.2 cm³/mol. The van der Waals surface area contributed by atoms with Crippen LogP contribution in [0.5, 0.6) is 0 Å². The second-order valence-corrected chi connectivity index (χ2v) is 6.19. The van der Waals surface area contributed by atoms with Crippen molar-refractivity contribution in [2.45, 2.75) is 26.4 Å². The van der Waals surface area contributed by atoms with Crippen LogP contribution in [0.15, 0.2) is 4.99 Å². The van der Waals surface area contributed by atoms with Gasteiger partial charge in [0.15, 0.2) is 22.5 Å². The lowest BCUT2D eigenvalue weighted by molar-refractivity contribution is -0.153. The second-order valence-electron chi connectivity index (χ2n) is 5.83. The quantitative estimate of drug-likeness (QED) is 0.255. The van der Waals surface area contributed by atoms with Crippen LogP contribution < -0.4 is 27.8 Å². The van der Waals surface area contributed by atoms with Crippen LogP contribution in [0.25, 0.3) is 0 Å². The summed E-state index contributed by atoms with van der Waals surface area (Å²) < 4.78 is 4.99. The van der Waals surface area contributed by atoms with E-state index >= 15 is 0 Å². The molecular weight excluding hydrogens is 368 g/mol. The molecule has 0 atom stereocenters. The van der Waals surface area contributed by atoms with Crippen molar-refractivity contribution in [1.82, 2.24) is 20.6 Å². The fraction of sp³-hybridized carbons (Fsp3) is 0.385. The molecule has 0 bridgehead atoms. The number of rotatable bonds is 3. The molecule has 3 amide bonds. The average molecular weight is 387 g/mol. The number of hydrogen-bond acceptors (Lipinski definition) is 8. The van der Waals surface area contributed by atoms with Gasteiger partial charge in [-0.2, -0.15) is 4.99 Å². The Kier molecular flexibility index (Phi) is 6.66. The average Bonchev–Trinajstić information content (AvgIpc) is 2.46. The van der Waals surface area contributed by atoms with Crippen molar-refractivity contribution in [2.75, 3.05) is 18.0 Å². The molecule has 12 nitrogen and oxygen atoms in total. The number of urea groups is 1. The van der Waals surface area contributed by atoms with Gasteiger partial charge in [-0.25, -0.2) is 14.8 Å². The summed E-state index contributed by atoms with van der Waals surface area (Å²) in [5, 5.41) is 4.00. The zero-order valence-electron chi connectivity index (χ0n) is 14.3. The van der Waals surface area contributed by atoms with Crippen LogP contribution in [0.1, 0.15) is 31.3 Å². The Morgan fingerprint density at radius 3 is 2.38 bits per heavy atom. The number of amides is 3. The van der Waals surface area contributed by atoms with E-state index in [1.165, 1.54) is 0 Å². The Balaban J connectivity index is 2.65. The number of aliphatic imine (C=N–C) groups is 1. The number of anilines is 2. The lowest BCUT2D eigenvalue weighted by Crippen LogP contribution is -2.40. The van der Waals surface area contributed by atoms with Gasteiger partial charge in [-0.1, -0.05) is 11.6 Å². The van der Waals surface area contributed by atoms with E-state index in [-0.39, 0.29) is 22.5 Å². The van der Waals surface area contributed by atoms with Crippen LogP contribution in [0.2, 0.25) is 5.15 Å². The van der Waals surface area contributed by atoms with E-state index in [0.29, 0.717) is 0 Å². The number of nitrogens with zero attached hydrogens (tertiary/aromatic N) is 3. The van der Waals surface area contributed by atoms with Crippen LogP contribution in [0.4, 0.5) is 16.4 Å². The maximum atomic E-state index is 12.0. The second kappa shape index (κ2) is 8.29. The number of nitrogen functional groups attached to an aromatic ring is 2. The van der Waals surface area contributed by atoms with Crippen molar-refractivity contribution in [3.05, 3.63) is 10.8 Å². The van der Waals surface area contributed by atoms with Gasteiger partial charge < -0.3 is 27.3 Å². The number of guanidine groups is 1. The molecule has 0 fully saturated rings. The summed E-state index contributed by atoms with van der Waals surface area (Å²) in [5.41, 5.74) is 15.3. The number of halogens is 1. The molecule has 26 heavy (non-hydrogen) atoms. The molecule has 0 saturated carbocycles. The van der Waals surface area contributed by atoms with Crippen LogP contribution in [0.3, 0.4) is 0 Å². The molecular formula is C13H19ClN8O4. The Morgan fingerprint density at radius 2 is 1.81 bits per heavy atom. The molecule has 8 N–H and O–H groups in total. The fourth-order valence-corrected chi connectivity index (χ4v) is 1.61. The molecule has 1 aromatic rings. The maximum absolute atomic E-state index is 12.0. The first-order valence-corrected chi connectivity index (χ1v) is 7.50. The van der Waals surface area contributed by atoms with Gasteiger partial charge in [0.2, 0.25) is 5.96 Å². The summed E-state index contributed by atoms with van der Waals surface area (Å²) >= 11 is 5.66. The fourth-order valence-electron chi connectivity index (χ4n) is 1.49. The Labute approximate surface area is 153 Å². The van der Waals surface area contributed by atoms with Gasteiger partial charge in [0.1, 0.15) is 12.1 Å². The highest BCUT2D eigenvalue weighted by Crippen LogP contribution is 2.17. The summed E-state index contributed by atoms with van der Waals surface area (Å²) in [7, 11) is 0. The SMILES string of the molecule is CC(C)(C)OC(=O)CNC(=O)N=C(N)NC(=O)c1nc(Cl)c(N)nc1N. The summed E-state index contributed by atoms with van der Waals surface area (Å²) in [6.07, 6.45) is 0. The number of nitrogens with two attached hydrogens (primary N) is 3. The highest BCUT2D eigenvalue weighted by molar-refractivity contribution is 6.31. The first-order chi connectivity index (χ1) is 11.9. The van der Waals surface area contributed by atoms with Crippen molar-refractivity contribution in [3.8, 4) is 0 Å². The summed E-state index contributed by atoms with van der Waals surface area (Å²) in [6, 6.07) is -0.969. The molecule has 1 rings (SSSR count). The largest absolute Gasteiger partial charge is 0.459 e. The van der Waals surface area contributed by atoms with Crippen LogP contribution in [-0.4, -0.2) is 46.0 Å². The monoisotopic (exact) mass is 386 g/mol. The third kappa shape index (κ3) is 6.76. The molecule has 0 aliphatic carbocycles. The standard InChI is InChI=1S/C13H19ClN8O4/c1-13(2,3)26-5(23)4-18-12(25)22-11(17)21-10(24)6-8(15)20-9(16)7(14)19-6/h4H2,1-3H3,(H4,15,16,20)(H4,17,18,21,22,24,25). The minimum Gasteiger partial charge on any atom is -0.459 e. The van der Waals surface area contributed by atoms with Crippen LogP contribution in [-0.2, 0) is 9.53 Å². The number of carbonyl (C=O) groups excluding carboxylic acids is 3. The van der Waals surface area contributed by atoms with E-state index in [4.69, 9.17) is 33.5 Å². The molecule has 13 heteroatoms. The molecule has 0 spiro atoms. The number of nitrogens with one attached hydrogen (secondary N) is 2. The van der Waals surface area contributed by atoms with E-state index in [9.17, 15) is 14.4 Å². The van der Waals surface area contributed by atoms with E-state index in [1.54, 1.807) is 20.8 Å². The van der Waals surface area contributed by atoms with Gasteiger partial charge in [0.05, 0.1) is 0 Å². The van der Waals surface area contributed by atoms with Crippen molar-refractivity contribution in [3.63, 3.8) is 0 Å². The number of carbonyl (C=O) groups is 3. The van der Waals surface area contributed by atoms with Crippen molar-refractivity contribution < 1.29 is 19.1 Å². The topological polar surface area (TPSA) is 201 Å². The van der Waals surface area contributed by atoms with E-state index in [2.05, 4.69) is 25.6 Å². The first-order valence-electron chi connectivity index (χ1n) is 7.12. The van der Waals surface area contributed by atoms with Crippen molar-refractivity contribution >= 4 is 47.1 Å². The van der Waals surface area contributed by atoms with Crippen LogP contribution in [0, 0.1) is 0 Å². The number of hydrogen-bond donors (Lipinski definition) is 5. The summed E-state index contributed by atoms with van der Waals surface area (Å²) in [6.45, 7) is 4.61. The number of aromatic nitrogens is 2. The van der Waals surface area contributed by atoms with E-state index in [0.717, 1.165) is 0 Å². The maximum Gasteiger partial charge on any atom is 0.344 e. The lowest BCUT2D eigenvalue weighted by atomic mass is 10.2. The van der Waals surface area contributed by atoms with Gasteiger partial charge in [0.25, 0.3) is 5.91 Å². The molecule has 0 radical (unpaired) electrons. The molecule has 0 aliphatic rings. The van der Waals surface area contributed by atoms with Gasteiger partial charge in [0, 0.05) is 0 Å². The molecule has 0 aliphatic heterocycles. The zero-order valence-corrected chi connectivity index (χ0v) is 15.0. The molecule has 1 heterocycles. The molecule has 142 valence electrons. The minimum atomic E-state index is -0.969. The van der Waals surface area contributed by atoms with Gasteiger partial charge in [-0.3, -0.25) is 14.9 Å². The van der Waals surface area contributed by atoms with E-state index < -0.39 is 36.0 Å². The smallest absolute Gasteiger partial charge is 0.344 e. The van der Waals surface area contributed by atoms with Gasteiger partial charge in [-0.05, 0) is 20.8 Å². The number of esters is 1. The lowest BCUT2D eigenvalue weighted by Gasteiger charge is -2.19. The Hall–Kier alpha value is -3.15. The summed E-state index contributed by atoms with van der Waals surface area (Å²) in [5.74, 6) is -2.57. The molecule has 0 aromatic carbocycles. The summed E-state index contributed by atoms with van der Waals surface area (Å²) in [4.78, 5) is 45.7. The highest BCUT2D eigenvalue weighted by atomic mass is 35.5.